The molecule has 1 N–H and O–H groups in total. The summed E-state index contributed by atoms with van der Waals surface area (Å²) in [6.07, 6.45) is 2.96. The van der Waals surface area contributed by atoms with Crippen molar-refractivity contribution in [3.05, 3.63) is 23.6 Å². The maximum atomic E-state index is 14.0. The number of hydrogen-bond acceptors (Lipinski definition) is 5. The lowest BCUT2D eigenvalue weighted by atomic mass is 9.94. The van der Waals surface area contributed by atoms with Crippen molar-refractivity contribution in [2.75, 3.05) is 32.0 Å². The van der Waals surface area contributed by atoms with Crippen LogP contribution in [-0.4, -0.2) is 52.5 Å². The molecule has 0 aromatic carbocycles. The van der Waals surface area contributed by atoms with Crippen molar-refractivity contribution in [3.8, 4) is 0 Å². The second kappa shape index (κ2) is 5.89. The minimum Gasteiger partial charge on any atom is -0.368 e. The fourth-order valence-corrected chi connectivity index (χ4v) is 2.83. The Bertz CT molecular complexity index is 681. The summed E-state index contributed by atoms with van der Waals surface area (Å²) in [5.74, 6) is -3.07. The van der Waals surface area contributed by atoms with Crippen LogP contribution in [0.1, 0.15) is 6.42 Å². The number of hydrogen-bond donors (Lipinski definition) is 1. The molecule has 118 valence electrons. The molecule has 3 rings (SSSR count). The summed E-state index contributed by atoms with van der Waals surface area (Å²) in [5, 5.41) is 3.22. The van der Waals surface area contributed by atoms with Gasteiger partial charge in [0.25, 0.3) is 5.92 Å². The number of rotatable bonds is 3. The Morgan fingerprint density at radius 3 is 3.00 bits per heavy atom. The molecule has 1 fully saturated rings. The molecule has 3 heterocycles. The zero-order valence-corrected chi connectivity index (χ0v) is 12.8. The minimum absolute atomic E-state index is 0.107. The first-order valence-corrected chi connectivity index (χ1v) is 7.41. The quantitative estimate of drug-likeness (QED) is 0.878. The first kappa shape index (κ1) is 15.3. The highest BCUT2D eigenvalue weighted by atomic mass is 35.5. The molecule has 0 unspecified atom stereocenters. The van der Waals surface area contributed by atoms with Crippen LogP contribution in [0.25, 0.3) is 11.0 Å². The van der Waals surface area contributed by atoms with Crippen molar-refractivity contribution in [2.24, 2.45) is 5.92 Å². The standard InChI is InChI=1S/C14H16ClF2N5/c1-22-5-2-14(16,17)9(8-22)7-20-13-12-10(6-11(15)21-13)18-3-4-19-12/h3-4,6,9H,2,5,7-8H2,1H3,(H,20,21)/t9-/m1/s1. The van der Waals surface area contributed by atoms with Crippen LogP contribution in [0.2, 0.25) is 5.15 Å². The zero-order chi connectivity index (χ0) is 15.7. The van der Waals surface area contributed by atoms with Crippen LogP contribution in [0.15, 0.2) is 18.5 Å². The van der Waals surface area contributed by atoms with Gasteiger partial charge in [-0.1, -0.05) is 11.6 Å². The predicted octanol–water partition coefficient (Wildman–Crippen LogP) is 2.68. The Kier molecular flexibility index (Phi) is 4.10. The van der Waals surface area contributed by atoms with E-state index >= 15 is 0 Å². The van der Waals surface area contributed by atoms with Crippen molar-refractivity contribution in [3.63, 3.8) is 0 Å². The summed E-state index contributed by atoms with van der Waals surface area (Å²) in [6.45, 7) is 0.855. The Morgan fingerprint density at radius 1 is 1.41 bits per heavy atom. The van der Waals surface area contributed by atoms with Gasteiger partial charge in [-0.25, -0.2) is 18.7 Å². The van der Waals surface area contributed by atoms with E-state index in [9.17, 15) is 8.78 Å². The topological polar surface area (TPSA) is 53.9 Å². The van der Waals surface area contributed by atoms with E-state index in [0.717, 1.165) is 0 Å². The average Bonchev–Trinajstić information content (AvgIpc) is 2.48. The van der Waals surface area contributed by atoms with Crippen molar-refractivity contribution in [2.45, 2.75) is 12.3 Å². The second-order valence-electron chi connectivity index (χ2n) is 5.57. The second-order valence-corrected chi connectivity index (χ2v) is 5.96. The van der Waals surface area contributed by atoms with Crippen LogP contribution in [-0.2, 0) is 0 Å². The summed E-state index contributed by atoms with van der Waals surface area (Å²) in [4.78, 5) is 14.4. The molecule has 1 aliphatic heterocycles. The van der Waals surface area contributed by atoms with Crippen molar-refractivity contribution in [1.29, 1.82) is 0 Å². The molecule has 1 saturated heterocycles. The molecule has 5 nitrogen and oxygen atoms in total. The molecule has 0 aliphatic carbocycles. The predicted molar refractivity (Wildman–Crippen MR) is 81.4 cm³/mol. The number of likely N-dealkylation sites (tertiary alicyclic amines) is 1. The van der Waals surface area contributed by atoms with Gasteiger partial charge in [0.1, 0.15) is 10.7 Å². The first-order valence-electron chi connectivity index (χ1n) is 7.03. The fourth-order valence-electron chi connectivity index (χ4n) is 2.64. The third-order valence-corrected chi connectivity index (χ3v) is 4.09. The van der Waals surface area contributed by atoms with Crippen LogP contribution in [0.5, 0.6) is 0 Å². The van der Waals surface area contributed by atoms with Crippen LogP contribution >= 0.6 is 11.6 Å². The van der Waals surface area contributed by atoms with Gasteiger partial charge < -0.3 is 10.2 Å². The minimum atomic E-state index is -2.68. The van der Waals surface area contributed by atoms with Gasteiger partial charge in [0.15, 0.2) is 5.82 Å². The van der Waals surface area contributed by atoms with Gasteiger partial charge in [0, 0.05) is 44.5 Å². The van der Waals surface area contributed by atoms with Crippen molar-refractivity contribution >= 4 is 28.5 Å². The molecule has 0 radical (unpaired) electrons. The molecule has 8 heteroatoms. The van der Waals surface area contributed by atoms with E-state index in [1.807, 2.05) is 11.9 Å². The molecule has 2 aromatic heterocycles. The summed E-state index contributed by atoms with van der Waals surface area (Å²) in [5.41, 5.74) is 1.11. The lowest BCUT2D eigenvalue weighted by molar-refractivity contribution is -0.0963. The molecule has 0 bridgehead atoms. The van der Waals surface area contributed by atoms with Gasteiger partial charge in [-0.15, -0.1) is 0 Å². The van der Waals surface area contributed by atoms with Crippen LogP contribution < -0.4 is 5.32 Å². The number of pyridine rings is 1. The first-order chi connectivity index (χ1) is 10.5. The van der Waals surface area contributed by atoms with Gasteiger partial charge in [-0.2, -0.15) is 0 Å². The van der Waals surface area contributed by atoms with E-state index in [0.29, 0.717) is 29.9 Å². The normalized spacial score (nSPS) is 21.9. The number of nitrogens with zero attached hydrogens (tertiary/aromatic N) is 4. The molecule has 2 aromatic rings. The largest absolute Gasteiger partial charge is 0.368 e. The van der Waals surface area contributed by atoms with Crippen LogP contribution in [0.3, 0.4) is 0 Å². The van der Waals surface area contributed by atoms with Gasteiger partial charge in [0.2, 0.25) is 0 Å². The van der Waals surface area contributed by atoms with Crippen molar-refractivity contribution in [1.82, 2.24) is 19.9 Å². The fraction of sp³-hybridized carbons (Fsp3) is 0.500. The summed E-state index contributed by atoms with van der Waals surface area (Å²) in [6, 6.07) is 1.60. The highest BCUT2D eigenvalue weighted by molar-refractivity contribution is 6.30. The Morgan fingerprint density at radius 2 is 2.18 bits per heavy atom. The lowest BCUT2D eigenvalue weighted by Crippen LogP contribution is -2.48. The summed E-state index contributed by atoms with van der Waals surface area (Å²) < 4.78 is 28.0. The van der Waals surface area contributed by atoms with Crippen molar-refractivity contribution < 1.29 is 8.78 Å². The number of halogens is 3. The summed E-state index contributed by atoms with van der Waals surface area (Å²) >= 11 is 5.95. The van der Waals surface area contributed by atoms with E-state index in [-0.39, 0.29) is 18.1 Å². The highest BCUT2D eigenvalue weighted by Gasteiger charge is 2.42. The Labute approximate surface area is 131 Å². The van der Waals surface area contributed by atoms with Crippen LogP contribution in [0, 0.1) is 5.92 Å². The molecular weight excluding hydrogens is 312 g/mol. The van der Waals surface area contributed by atoms with Gasteiger partial charge in [0.05, 0.1) is 11.4 Å². The zero-order valence-electron chi connectivity index (χ0n) is 12.1. The van der Waals surface area contributed by atoms with Gasteiger partial charge in [-0.05, 0) is 7.05 Å². The molecule has 0 saturated carbocycles. The van der Waals surface area contributed by atoms with Gasteiger partial charge in [-0.3, -0.25) is 4.98 Å². The van der Waals surface area contributed by atoms with E-state index in [1.165, 1.54) is 6.20 Å². The van der Waals surface area contributed by atoms with Crippen LogP contribution in [0.4, 0.5) is 14.6 Å². The number of aromatic nitrogens is 3. The molecule has 1 atom stereocenters. The number of anilines is 1. The SMILES string of the molecule is CN1CCC(F)(F)[C@H](CNc2nc(Cl)cc3nccnc23)C1. The maximum Gasteiger partial charge on any atom is 0.255 e. The monoisotopic (exact) mass is 327 g/mol. The highest BCUT2D eigenvalue weighted by Crippen LogP contribution is 2.33. The number of alkyl halides is 2. The lowest BCUT2D eigenvalue weighted by Gasteiger charge is -2.36. The Hall–Kier alpha value is -1.60. The molecule has 22 heavy (non-hydrogen) atoms. The van der Waals surface area contributed by atoms with Gasteiger partial charge >= 0.3 is 0 Å². The third-order valence-electron chi connectivity index (χ3n) is 3.90. The maximum absolute atomic E-state index is 14.0. The average molecular weight is 328 g/mol. The van der Waals surface area contributed by atoms with E-state index < -0.39 is 11.8 Å². The number of nitrogens with one attached hydrogen (secondary N) is 1. The van der Waals surface area contributed by atoms with E-state index in [1.54, 1.807) is 12.3 Å². The smallest absolute Gasteiger partial charge is 0.255 e. The Balaban J connectivity index is 1.81. The third kappa shape index (κ3) is 3.10. The number of fused-ring (bicyclic) bond motifs is 1. The van der Waals surface area contributed by atoms with E-state index in [2.05, 4.69) is 20.3 Å². The summed E-state index contributed by atoms with van der Waals surface area (Å²) in [7, 11) is 1.85. The molecular formula is C14H16ClF2N5. The molecule has 0 spiro atoms. The molecule has 0 amide bonds. The number of piperidine rings is 1. The molecule has 1 aliphatic rings. The van der Waals surface area contributed by atoms with E-state index in [4.69, 9.17) is 11.6 Å².